The van der Waals surface area contributed by atoms with E-state index in [-0.39, 0.29) is 26.6 Å². The number of hydrogen-bond acceptors (Lipinski definition) is 11. The Morgan fingerprint density at radius 1 is 0.931 bits per heavy atom. The lowest BCUT2D eigenvalue weighted by Crippen LogP contribution is -2.37. The molecule has 170 valence electrons. The summed E-state index contributed by atoms with van der Waals surface area (Å²) in [7, 11) is 0. The van der Waals surface area contributed by atoms with Crippen LogP contribution >= 0.6 is 0 Å². The summed E-state index contributed by atoms with van der Waals surface area (Å²) >= 11 is 0. The van der Waals surface area contributed by atoms with Crippen molar-refractivity contribution in [2.45, 2.75) is 6.42 Å². The molecule has 0 saturated carbocycles. The van der Waals surface area contributed by atoms with Crippen LogP contribution in [0.2, 0.25) is 0 Å². The summed E-state index contributed by atoms with van der Waals surface area (Å²) in [6.07, 6.45) is 5.06. The van der Waals surface area contributed by atoms with Gasteiger partial charge >= 0.3 is 0 Å². The molecule has 0 heterocycles. The Labute approximate surface area is 171 Å². The third-order valence-corrected chi connectivity index (χ3v) is 3.30. The van der Waals surface area contributed by atoms with Gasteiger partial charge in [-0.05, 0) is 6.42 Å². The summed E-state index contributed by atoms with van der Waals surface area (Å²) in [5, 5.41) is 24.7. The van der Waals surface area contributed by atoms with Gasteiger partial charge in [0.2, 0.25) is 0 Å². The molecule has 0 radical (unpaired) electrons. The van der Waals surface area contributed by atoms with Gasteiger partial charge < -0.3 is 42.8 Å². The molecule has 29 heavy (non-hydrogen) atoms. The average Bonchev–Trinajstić information content (AvgIpc) is 2.65. The third kappa shape index (κ3) is 16.4. The van der Waals surface area contributed by atoms with E-state index in [1.807, 2.05) is 4.90 Å². The molecule has 0 aromatic carbocycles. The van der Waals surface area contributed by atoms with Gasteiger partial charge in [0.15, 0.2) is 0 Å². The highest BCUT2D eigenvalue weighted by Crippen LogP contribution is 2.01. The van der Waals surface area contributed by atoms with E-state index in [2.05, 4.69) is 10.6 Å². The molecule has 0 unspecified atom stereocenters. The van der Waals surface area contributed by atoms with E-state index in [1.165, 1.54) is 11.2 Å². The van der Waals surface area contributed by atoms with Gasteiger partial charge in [-0.1, -0.05) is 0 Å². The van der Waals surface area contributed by atoms with Crippen LogP contribution in [0.3, 0.4) is 0 Å². The Morgan fingerprint density at radius 3 is 1.93 bits per heavy atom. The van der Waals surface area contributed by atoms with Gasteiger partial charge in [0.1, 0.15) is 6.73 Å². The number of nitrogens with zero attached hydrogens (tertiary/aromatic N) is 2. The Hall–Kier alpha value is -2.25. The van der Waals surface area contributed by atoms with Gasteiger partial charge in [-0.15, -0.1) is 0 Å². The van der Waals surface area contributed by atoms with E-state index < -0.39 is 6.67 Å². The number of halogens is 1. The summed E-state index contributed by atoms with van der Waals surface area (Å²) in [5.41, 5.74) is 19.6. The summed E-state index contributed by atoms with van der Waals surface area (Å²) in [5.74, 6) is 5.80. The van der Waals surface area contributed by atoms with E-state index >= 15 is 0 Å². The predicted octanol–water partition coefficient (Wildman–Crippen LogP) is -2.64. The summed E-state index contributed by atoms with van der Waals surface area (Å²) in [6.45, 7) is 1.72. The van der Waals surface area contributed by atoms with E-state index in [4.69, 9.17) is 38.0 Å². The van der Waals surface area contributed by atoms with Crippen molar-refractivity contribution in [2.24, 2.45) is 23.0 Å². The van der Waals surface area contributed by atoms with Gasteiger partial charge in [0.25, 0.3) is 0 Å². The van der Waals surface area contributed by atoms with Gasteiger partial charge in [-0.2, -0.15) is 0 Å². The maximum Gasteiger partial charge on any atom is 0.132 e. The molecule has 0 rings (SSSR count). The molecule has 0 saturated heterocycles. The molecular weight excluding hydrogens is 383 g/mol. The number of ether oxygens (including phenoxy) is 1. The highest BCUT2D eigenvalue weighted by atomic mass is 19.1. The number of aliphatic hydroxyl groups is 2. The minimum Gasteiger partial charge on any atom is -0.400 e. The Kier molecular flexibility index (Phi) is 16.4. The highest BCUT2D eigenvalue weighted by molar-refractivity contribution is 5.07. The largest absolute Gasteiger partial charge is 0.400 e. The summed E-state index contributed by atoms with van der Waals surface area (Å²) in [4.78, 5) is 1.89. The third-order valence-electron chi connectivity index (χ3n) is 3.30. The van der Waals surface area contributed by atoms with Gasteiger partial charge in [-0.25, -0.2) is 5.84 Å². The molecule has 0 bridgehead atoms. The first-order valence-electron chi connectivity index (χ1n) is 9.34. The zero-order valence-electron chi connectivity index (χ0n) is 16.9. The first kappa shape index (κ1) is 26.8. The van der Waals surface area contributed by atoms with Crippen molar-refractivity contribution in [3.8, 4) is 0 Å². The first-order chi connectivity index (χ1) is 13.9. The van der Waals surface area contributed by atoms with E-state index in [0.29, 0.717) is 56.2 Å². The predicted molar refractivity (Wildman–Crippen MR) is 111 cm³/mol. The molecule has 11 nitrogen and oxygen atoms in total. The van der Waals surface area contributed by atoms with Crippen LogP contribution in [-0.2, 0) is 4.74 Å². The minimum absolute atomic E-state index is 0.00483. The lowest BCUT2D eigenvalue weighted by atomic mass is 10.3. The summed E-state index contributed by atoms with van der Waals surface area (Å²) in [6, 6.07) is 0. The molecule has 0 spiro atoms. The van der Waals surface area contributed by atoms with Crippen molar-refractivity contribution < 1.29 is 19.3 Å². The maximum atomic E-state index is 12.0. The van der Waals surface area contributed by atoms with Crippen LogP contribution in [0.5, 0.6) is 0 Å². The van der Waals surface area contributed by atoms with Crippen LogP contribution in [0.1, 0.15) is 6.42 Å². The van der Waals surface area contributed by atoms with Crippen molar-refractivity contribution >= 4 is 0 Å². The van der Waals surface area contributed by atoms with Gasteiger partial charge in [0.05, 0.1) is 26.5 Å². The average molecular weight is 421 g/mol. The van der Waals surface area contributed by atoms with E-state index in [0.717, 1.165) is 0 Å². The van der Waals surface area contributed by atoms with Crippen molar-refractivity contribution in [1.82, 2.24) is 20.5 Å². The van der Waals surface area contributed by atoms with Crippen LogP contribution in [0, 0.1) is 0 Å². The smallest absolute Gasteiger partial charge is 0.132 e. The maximum absolute atomic E-state index is 12.0. The number of hydrogen-bond donors (Lipinski definition) is 8. The second kappa shape index (κ2) is 17.8. The fourth-order valence-corrected chi connectivity index (χ4v) is 2.19. The molecule has 0 amide bonds. The van der Waals surface area contributed by atoms with Gasteiger partial charge in [0, 0.05) is 68.4 Å². The molecule has 12 heteroatoms. The van der Waals surface area contributed by atoms with Crippen LogP contribution in [0.15, 0.2) is 35.7 Å². The van der Waals surface area contributed by atoms with Crippen LogP contribution < -0.4 is 33.7 Å². The number of aliphatic hydroxyl groups excluding tert-OH is 2. The zero-order chi connectivity index (χ0) is 21.9. The molecule has 0 atom stereocenters. The number of hydrazine groups is 1. The SMILES string of the molecule is N/C(=C\NCCO)CN(C/C(N)=C/NCCO)C/C(N)=C/N(N)COCCCF. The second-order valence-corrected chi connectivity index (χ2v) is 6.24. The number of alkyl halides is 1. The standard InChI is InChI=1S/C17H37FN8O3/c18-2-1-7-29-14-26(22)13-17(21)12-25(10-15(19)8-23-3-5-27)11-16(20)9-24-4-6-28/h8-9,13,23-24,27-28H,1-7,10-12,14,19-22H2/b15-8-,16-9-,17-13-. The van der Waals surface area contributed by atoms with Crippen molar-refractivity contribution in [3.05, 3.63) is 35.7 Å². The number of nitrogens with two attached hydrogens (primary N) is 4. The molecule has 0 fully saturated rings. The lowest BCUT2D eigenvalue weighted by molar-refractivity contribution is 0.0494. The van der Waals surface area contributed by atoms with Crippen LogP contribution in [0.4, 0.5) is 4.39 Å². The normalized spacial score (nSPS) is 13.1. The summed E-state index contributed by atoms with van der Waals surface area (Å²) < 4.78 is 17.3. The Bertz CT molecular complexity index is 479. The quantitative estimate of drug-likeness (QED) is 0.0502. The highest BCUT2D eigenvalue weighted by Gasteiger charge is 2.10. The molecule has 0 aliphatic heterocycles. The van der Waals surface area contributed by atoms with Crippen molar-refractivity contribution in [1.29, 1.82) is 0 Å². The molecule has 0 aromatic rings. The van der Waals surface area contributed by atoms with Crippen LogP contribution in [0.25, 0.3) is 0 Å². The van der Waals surface area contributed by atoms with Gasteiger partial charge in [-0.3, -0.25) is 14.3 Å². The van der Waals surface area contributed by atoms with E-state index in [1.54, 1.807) is 12.4 Å². The monoisotopic (exact) mass is 420 g/mol. The van der Waals surface area contributed by atoms with Crippen LogP contribution in [-0.4, -0.2) is 86.1 Å². The first-order valence-corrected chi connectivity index (χ1v) is 9.34. The van der Waals surface area contributed by atoms with E-state index in [9.17, 15) is 4.39 Å². The Balaban J connectivity index is 4.86. The molecule has 0 aromatic heterocycles. The molecule has 12 N–H and O–H groups in total. The fraction of sp³-hybridized carbons (Fsp3) is 0.647. The Morgan fingerprint density at radius 2 is 1.45 bits per heavy atom. The minimum atomic E-state index is -0.443. The topological polar surface area (TPSA) is 184 Å². The second-order valence-electron chi connectivity index (χ2n) is 6.24. The van der Waals surface area contributed by atoms with Crippen molar-refractivity contribution in [3.63, 3.8) is 0 Å². The number of nitrogens with one attached hydrogen (secondary N) is 2. The lowest BCUT2D eigenvalue weighted by Gasteiger charge is -2.24. The molecular formula is C17H37FN8O3. The zero-order valence-corrected chi connectivity index (χ0v) is 16.9. The van der Waals surface area contributed by atoms with Crippen molar-refractivity contribution in [2.75, 3.05) is 65.9 Å². The molecule has 0 aliphatic rings. The number of rotatable bonds is 18. The fourth-order valence-electron chi connectivity index (χ4n) is 2.19. The molecule has 0 aliphatic carbocycles.